The molecule has 31 heavy (non-hydrogen) atoms. The normalized spacial score (nSPS) is 15.7. The number of hydrogen-bond acceptors (Lipinski definition) is 5. The summed E-state index contributed by atoms with van der Waals surface area (Å²) >= 11 is 0. The fourth-order valence-electron chi connectivity index (χ4n) is 3.29. The molecule has 176 valence electrons. The van der Waals surface area contributed by atoms with Gasteiger partial charge < -0.3 is 25.0 Å². The third-order valence-corrected chi connectivity index (χ3v) is 5.25. The summed E-state index contributed by atoms with van der Waals surface area (Å²) in [4.78, 5) is 20.8. The number of hydrogen-bond donors (Lipinski definition) is 2. The summed E-state index contributed by atoms with van der Waals surface area (Å²) < 4.78 is 10.7. The molecule has 0 spiro atoms. The average Bonchev–Trinajstić information content (AvgIpc) is 2.75. The van der Waals surface area contributed by atoms with Crippen molar-refractivity contribution in [2.75, 3.05) is 60.6 Å². The zero-order valence-corrected chi connectivity index (χ0v) is 21.7. The second-order valence-electron chi connectivity index (χ2n) is 8.00. The molecule has 0 radical (unpaired) electrons. The van der Waals surface area contributed by atoms with E-state index >= 15 is 0 Å². The summed E-state index contributed by atoms with van der Waals surface area (Å²) in [6, 6.07) is 8.21. The number of benzene rings is 1. The number of ether oxygens (including phenoxy) is 2. The van der Waals surface area contributed by atoms with Gasteiger partial charge in [0.15, 0.2) is 5.96 Å². The second-order valence-corrected chi connectivity index (χ2v) is 8.00. The molecule has 0 bridgehead atoms. The maximum atomic E-state index is 12.0. The van der Waals surface area contributed by atoms with Crippen LogP contribution < -0.4 is 15.4 Å². The Morgan fingerprint density at radius 3 is 2.39 bits per heavy atom. The van der Waals surface area contributed by atoms with E-state index in [1.54, 1.807) is 26.1 Å². The zero-order chi connectivity index (χ0) is 21.9. The summed E-state index contributed by atoms with van der Waals surface area (Å²) in [5, 5.41) is 6.62. The number of amides is 1. The second kappa shape index (κ2) is 14.5. The molecule has 1 atom stereocenters. The molecule has 1 fully saturated rings. The largest absolute Gasteiger partial charge is 0.497 e. The molecule has 0 saturated carbocycles. The molecule has 1 unspecified atom stereocenters. The Kier molecular flexibility index (Phi) is 12.8. The smallest absolute Gasteiger partial charge is 0.241 e. The molecule has 2 N–H and O–H groups in total. The summed E-state index contributed by atoms with van der Waals surface area (Å²) in [6.07, 6.45) is 0. The Morgan fingerprint density at radius 2 is 1.84 bits per heavy atom. The van der Waals surface area contributed by atoms with E-state index in [1.807, 2.05) is 24.3 Å². The number of carbonyl (C=O) groups is 1. The number of rotatable bonds is 9. The maximum absolute atomic E-state index is 12.0. The van der Waals surface area contributed by atoms with E-state index in [1.165, 1.54) is 0 Å². The quantitative estimate of drug-likeness (QED) is 0.279. The molecule has 1 saturated heterocycles. The van der Waals surface area contributed by atoms with Gasteiger partial charge in [0.2, 0.25) is 5.91 Å². The number of aliphatic imine (C=N–C) groups is 1. The Morgan fingerprint density at radius 1 is 1.19 bits per heavy atom. The summed E-state index contributed by atoms with van der Waals surface area (Å²) in [7, 11) is 5.15. The van der Waals surface area contributed by atoms with E-state index in [0.717, 1.165) is 44.2 Å². The summed E-state index contributed by atoms with van der Waals surface area (Å²) in [5.41, 5.74) is 1.07. The number of carbonyl (C=O) groups excluding carboxylic acids is 1. The molecule has 1 aromatic carbocycles. The number of halogens is 1. The molecule has 1 aliphatic heterocycles. The van der Waals surface area contributed by atoms with Crippen LogP contribution in [0.4, 0.5) is 0 Å². The van der Waals surface area contributed by atoms with Crippen molar-refractivity contribution in [3.8, 4) is 5.75 Å². The number of guanidine groups is 1. The van der Waals surface area contributed by atoms with E-state index in [2.05, 4.69) is 29.4 Å². The maximum Gasteiger partial charge on any atom is 0.241 e. The minimum atomic E-state index is 0. The van der Waals surface area contributed by atoms with E-state index in [4.69, 9.17) is 14.5 Å². The Hall–Kier alpha value is -1.59. The first-order chi connectivity index (χ1) is 14.4. The van der Waals surface area contributed by atoms with Gasteiger partial charge in [0.1, 0.15) is 5.75 Å². The molecule has 1 aliphatic rings. The monoisotopic (exact) mass is 547 g/mol. The van der Waals surface area contributed by atoms with Gasteiger partial charge in [-0.15, -0.1) is 24.0 Å². The van der Waals surface area contributed by atoms with E-state index in [-0.39, 0.29) is 36.4 Å². The highest BCUT2D eigenvalue weighted by Crippen LogP contribution is 2.13. The SMILES string of the molecule is COc1ccc(CN=C(NCC(=O)N(C)C)NCC(C(C)C)N2CCOCC2)cc1.I. The topological polar surface area (TPSA) is 78.4 Å². The Bertz CT molecular complexity index is 676. The fraction of sp³-hybridized carbons (Fsp3) is 0.636. The van der Waals surface area contributed by atoms with Crippen LogP contribution in [0.15, 0.2) is 29.3 Å². The predicted octanol–water partition coefficient (Wildman–Crippen LogP) is 1.79. The van der Waals surface area contributed by atoms with Gasteiger partial charge in [0.05, 0.1) is 33.4 Å². The highest BCUT2D eigenvalue weighted by atomic mass is 127. The first kappa shape index (κ1) is 27.4. The molecule has 0 aromatic heterocycles. The van der Waals surface area contributed by atoms with E-state index < -0.39 is 0 Å². The van der Waals surface area contributed by atoms with Gasteiger partial charge in [-0.3, -0.25) is 9.69 Å². The number of nitrogens with zero attached hydrogens (tertiary/aromatic N) is 3. The van der Waals surface area contributed by atoms with Crippen molar-refractivity contribution < 1.29 is 14.3 Å². The van der Waals surface area contributed by atoms with Gasteiger partial charge in [0.25, 0.3) is 0 Å². The summed E-state index contributed by atoms with van der Waals surface area (Å²) in [5.74, 6) is 1.95. The van der Waals surface area contributed by atoms with Gasteiger partial charge in [0, 0.05) is 39.8 Å². The minimum Gasteiger partial charge on any atom is -0.497 e. The highest BCUT2D eigenvalue weighted by Gasteiger charge is 2.24. The molecule has 9 heteroatoms. The van der Waals surface area contributed by atoms with Crippen molar-refractivity contribution >= 4 is 35.8 Å². The Labute approximate surface area is 203 Å². The van der Waals surface area contributed by atoms with Crippen molar-refractivity contribution in [2.45, 2.75) is 26.4 Å². The predicted molar refractivity (Wildman–Crippen MR) is 135 cm³/mol. The van der Waals surface area contributed by atoms with Crippen molar-refractivity contribution in [3.05, 3.63) is 29.8 Å². The van der Waals surface area contributed by atoms with Gasteiger partial charge in [-0.05, 0) is 23.6 Å². The van der Waals surface area contributed by atoms with Crippen molar-refractivity contribution in [1.82, 2.24) is 20.4 Å². The molecular formula is C22H38IN5O3. The van der Waals surface area contributed by atoms with Crippen molar-refractivity contribution in [3.63, 3.8) is 0 Å². The number of morpholine rings is 1. The first-order valence-corrected chi connectivity index (χ1v) is 10.6. The van der Waals surface area contributed by atoms with Crippen LogP contribution in [0.1, 0.15) is 19.4 Å². The van der Waals surface area contributed by atoms with Crippen LogP contribution in [-0.4, -0.2) is 88.3 Å². The standard InChI is InChI=1S/C22H37N5O3.HI/c1-17(2)20(27-10-12-30-13-11-27)15-24-22(25-16-21(28)26(3)4)23-14-18-6-8-19(29-5)9-7-18;/h6-9,17,20H,10-16H2,1-5H3,(H2,23,24,25);1H. The number of nitrogens with one attached hydrogen (secondary N) is 2. The molecular weight excluding hydrogens is 509 g/mol. The van der Waals surface area contributed by atoms with Crippen LogP contribution in [0.2, 0.25) is 0 Å². The molecule has 1 aromatic rings. The summed E-state index contributed by atoms with van der Waals surface area (Å²) in [6.45, 7) is 9.37. The number of methoxy groups -OCH3 is 1. The van der Waals surface area contributed by atoms with Gasteiger partial charge in [-0.25, -0.2) is 4.99 Å². The molecule has 8 nitrogen and oxygen atoms in total. The van der Waals surface area contributed by atoms with Crippen LogP contribution in [0.5, 0.6) is 5.75 Å². The van der Waals surface area contributed by atoms with Crippen LogP contribution in [0.25, 0.3) is 0 Å². The average molecular weight is 547 g/mol. The number of likely N-dealkylation sites (N-methyl/N-ethyl adjacent to an activating group) is 1. The van der Waals surface area contributed by atoms with Gasteiger partial charge >= 0.3 is 0 Å². The van der Waals surface area contributed by atoms with Gasteiger partial charge in [-0.2, -0.15) is 0 Å². The van der Waals surface area contributed by atoms with Crippen molar-refractivity contribution in [1.29, 1.82) is 0 Å². The molecule has 1 heterocycles. The van der Waals surface area contributed by atoms with Crippen molar-refractivity contribution in [2.24, 2.45) is 10.9 Å². The van der Waals surface area contributed by atoms with Gasteiger partial charge in [-0.1, -0.05) is 26.0 Å². The van der Waals surface area contributed by atoms with E-state index in [9.17, 15) is 4.79 Å². The van der Waals surface area contributed by atoms with Crippen LogP contribution >= 0.6 is 24.0 Å². The third-order valence-electron chi connectivity index (χ3n) is 5.25. The lowest BCUT2D eigenvalue weighted by Crippen LogP contribution is -2.53. The van der Waals surface area contributed by atoms with E-state index in [0.29, 0.717) is 24.5 Å². The zero-order valence-electron chi connectivity index (χ0n) is 19.4. The highest BCUT2D eigenvalue weighted by molar-refractivity contribution is 14.0. The van der Waals surface area contributed by atoms with Crippen LogP contribution in [0, 0.1) is 5.92 Å². The van der Waals surface area contributed by atoms with Crippen LogP contribution in [0.3, 0.4) is 0 Å². The molecule has 2 rings (SSSR count). The lowest BCUT2D eigenvalue weighted by Gasteiger charge is -2.37. The lowest BCUT2D eigenvalue weighted by molar-refractivity contribution is -0.127. The fourth-order valence-corrected chi connectivity index (χ4v) is 3.29. The lowest BCUT2D eigenvalue weighted by atomic mass is 10.0. The third kappa shape index (κ3) is 9.61. The first-order valence-electron chi connectivity index (χ1n) is 10.6. The molecule has 0 aliphatic carbocycles. The van der Waals surface area contributed by atoms with Crippen LogP contribution in [-0.2, 0) is 16.1 Å². The Balaban J connectivity index is 0.00000480. The molecule has 1 amide bonds. The minimum absolute atomic E-state index is 0.